The summed E-state index contributed by atoms with van der Waals surface area (Å²) in [5, 5.41) is 10.2. The van der Waals surface area contributed by atoms with Crippen LogP contribution in [0.1, 0.15) is 65.7 Å². The maximum atomic E-state index is 9.46. The Morgan fingerprint density at radius 2 is 2.00 bits per heavy atom. The van der Waals surface area contributed by atoms with E-state index in [1.54, 1.807) is 0 Å². The third-order valence-corrected chi connectivity index (χ3v) is 5.13. The topological polar surface area (TPSA) is 23.8 Å². The lowest BCUT2D eigenvalue weighted by Gasteiger charge is -2.35. The van der Waals surface area contributed by atoms with Crippen LogP contribution in [0.4, 0.5) is 0 Å². The molecule has 0 aromatic heterocycles. The van der Waals surface area contributed by atoms with Crippen molar-refractivity contribution < 1.29 is 0 Å². The zero-order valence-electron chi connectivity index (χ0n) is 11.7. The van der Waals surface area contributed by atoms with Crippen molar-refractivity contribution in [3.05, 3.63) is 0 Å². The van der Waals surface area contributed by atoms with Crippen molar-refractivity contribution in [1.82, 2.24) is 0 Å². The van der Waals surface area contributed by atoms with Gasteiger partial charge in [-0.2, -0.15) is 17.0 Å². The second kappa shape index (κ2) is 7.31. The van der Waals surface area contributed by atoms with E-state index in [2.05, 4.69) is 26.8 Å². The Balaban J connectivity index is 2.36. The first-order valence-electron chi connectivity index (χ1n) is 7.15. The lowest BCUT2D eigenvalue weighted by molar-refractivity contribution is 0.197. The van der Waals surface area contributed by atoms with Crippen LogP contribution in [0.3, 0.4) is 0 Å². The molecule has 0 saturated heterocycles. The molecule has 1 nitrogen and oxygen atoms in total. The molecule has 0 N–H and O–H groups in total. The lowest BCUT2D eigenvalue weighted by Crippen LogP contribution is -2.27. The molecule has 0 bridgehead atoms. The van der Waals surface area contributed by atoms with E-state index in [4.69, 9.17) is 0 Å². The molecule has 1 rings (SSSR count). The molecule has 17 heavy (non-hydrogen) atoms. The van der Waals surface area contributed by atoms with Gasteiger partial charge in [0.25, 0.3) is 0 Å². The summed E-state index contributed by atoms with van der Waals surface area (Å²) >= 11 is 2.00. The smallest absolute Gasteiger partial charge is 0.0690 e. The summed E-state index contributed by atoms with van der Waals surface area (Å²) in [6.45, 7) is 6.75. The highest BCUT2D eigenvalue weighted by Gasteiger charge is 2.34. The molecule has 0 radical (unpaired) electrons. The van der Waals surface area contributed by atoms with Crippen LogP contribution >= 0.6 is 11.8 Å². The van der Waals surface area contributed by atoms with Crippen molar-refractivity contribution in [2.24, 2.45) is 11.3 Å². The molecule has 0 unspecified atom stereocenters. The Kier molecular flexibility index (Phi) is 6.41. The first-order valence-corrected chi connectivity index (χ1v) is 8.19. The Morgan fingerprint density at radius 1 is 1.35 bits per heavy atom. The molecule has 0 spiro atoms. The van der Waals surface area contributed by atoms with Crippen LogP contribution in [0.15, 0.2) is 0 Å². The van der Waals surface area contributed by atoms with Gasteiger partial charge in [0.15, 0.2) is 0 Å². The van der Waals surface area contributed by atoms with Gasteiger partial charge in [-0.1, -0.05) is 33.6 Å². The standard InChI is InChI=1S/C15H27NS/c1-4-5-14-6-8-15(12-16,9-7-14)10-11-17-13(2)3/h13-14H,4-11H2,1-3H3. The van der Waals surface area contributed by atoms with Gasteiger partial charge < -0.3 is 0 Å². The van der Waals surface area contributed by atoms with Gasteiger partial charge >= 0.3 is 0 Å². The predicted molar refractivity (Wildman–Crippen MR) is 77.1 cm³/mol. The number of rotatable bonds is 6. The maximum Gasteiger partial charge on any atom is 0.0690 e. The summed E-state index contributed by atoms with van der Waals surface area (Å²) < 4.78 is 0. The largest absolute Gasteiger partial charge is 0.198 e. The van der Waals surface area contributed by atoms with E-state index in [9.17, 15) is 5.26 Å². The zero-order valence-corrected chi connectivity index (χ0v) is 12.5. The molecule has 1 saturated carbocycles. The van der Waals surface area contributed by atoms with Crippen molar-refractivity contribution in [2.45, 2.75) is 71.0 Å². The first-order chi connectivity index (χ1) is 8.12. The molecule has 0 aliphatic heterocycles. The van der Waals surface area contributed by atoms with Gasteiger partial charge in [0.1, 0.15) is 0 Å². The molecule has 98 valence electrons. The average molecular weight is 253 g/mol. The van der Waals surface area contributed by atoms with Gasteiger partial charge in [-0.15, -0.1) is 0 Å². The lowest BCUT2D eigenvalue weighted by atomic mass is 9.69. The van der Waals surface area contributed by atoms with Crippen LogP contribution in [0.2, 0.25) is 0 Å². The molecule has 1 fully saturated rings. The first kappa shape index (κ1) is 14.9. The van der Waals surface area contributed by atoms with Gasteiger partial charge in [0.2, 0.25) is 0 Å². The number of hydrogen-bond acceptors (Lipinski definition) is 2. The van der Waals surface area contributed by atoms with E-state index in [0.29, 0.717) is 5.25 Å². The van der Waals surface area contributed by atoms with Crippen LogP contribution < -0.4 is 0 Å². The fraction of sp³-hybridized carbons (Fsp3) is 0.933. The number of nitrogens with zero attached hydrogens (tertiary/aromatic N) is 1. The summed E-state index contributed by atoms with van der Waals surface area (Å²) in [4.78, 5) is 0. The van der Waals surface area contributed by atoms with Crippen molar-refractivity contribution in [2.75, 3.05) is 5.75 Å². The molecule has 1 aliphatic rings. The highest BCUT2D eigenvalue weighted by atomic mass is 32.2. The van der Waals surface area contributed by atoms with Gasteiger partial charge in [0.05, 0.1) is 11.5 Å². The van der Waals surface area contributed by atoms with Crippen molar-refractivity contribution in [1.29, 1.82) is 5.26 Å². The summed E-state index contributed by atoms with van der Waals surface area (Å²) in [6, 6.07) is 2.64. The second-order valence-electron chi connectivity index (χ2n) is 5.79. The molecule has 2 heteroatoms. The van der Waals surface area contributed by atoms with Crippen LogP contribution in [-0.2, 0) is 0 Å². The normalized spacial score (nSPS) is 29.2. The quantitative estimate of drug-likeness (QED) is 0.663. The molecule has 0 amide bonds. The van der Waals surface area contributed by atoms with Crippen molar-refractivity contribution in [3.63, 3.8) is 0 Å². The number of nitriles is 1. The van der Waals surface area contributed by atoms with E-state index >= 15 is 0 Å². The van der Waals surface area contributed by atoms with Gasteiger partial charge in [-0.3, -0.25) is 0 Å². The highest BCUT2D eigenvalue weighted by molar-refractivity contribution is 7.99. The number of thioether (sulfide) groups is 1. The molecule has 0 aromatic carbocycles. The summed E-state index contributed by atoms with van der Waals surface area (Å²) in [6.07, 6.45) is 8.63. The fourth-order valence-electron chi connectivity index (χ4n) is 2.83. The minimum Gasteiger partial charge on any atom is -0.198 e. The van der Waals surface area contributed by atoms with Crippen LogP contribution in [0, 0.1) is 22.7 Å². The molecule has 1 aliphatic carbocycles. The highest BCUT2D eigenvalue weighted by Crippen LogP contribution is 2.43. The molecule has 0 heterocycles. The van der Waals surface area contributed by atoms with Crippen molar-refractivity contribution >= 4 is 11.8 Å². The van der Waals surface area contributed by atoms with Crippen LogP contribution in [0.5, 0.6) is 0 Å². The summed E-state index contributed by atoms with van der Waals surface area (Å²) in [5.41, 5.74) is 0.0200. The van der Waals surface area contributed by atoms with E-state index in [-0.39, 0.29) is 5.41 Å². The Labute approximate surface area is 111 Å². The average Bonchev–Trinajstić information content (AvgIpc) is 2.31. The Hall–Kier alpha value is -0.160. The molecular weight excluding hydrogens is 226 g/mol. The maximum absolute atomic E-state index is 9.46. The van der Waals surface area contributed by atoms with Crippen LogP contribution in [0.25, 0.3) is 0 Å². The summed E-state index contributed by atoms with van der Waals surface area (Å²) in [5.74, 6) is 2.06. The molecule has 0 atom stereocenters. The van der Waals surface area contributed by atoms with E-state index in [0.717, 1.165) is 30.9 Å². The monoisotopic (exact) mass is 253 g/mol. The third kappa shape index (κ3) is 4.92. The van der Waals surface area contributed by atoms with Gasteiger partial charge in [-0.25, -0.2) is 0 Å². The predicted octanol–water partition coefficient (Wildman–Crippen LogP) is 5.02. The summed E-state index contributed by atoms with van der Waals surface area (Å²) in [7, 11) is 0. The molecule has 0 aromatic rings. The molecular formula is C15H27NS. The van der Waals surface area contributed by atoms with Crippen molar-refractivity contribution in [3.8, 4) is 6.07 Å². The van der Waals surface area contributed by atoms with E-state index in [1.807, 2.05) is 11.8 Å². The SMILES string of the molecule is CCCC1CCC(C#N)(CCSC(C)C)CC1. The second-order valence-corrected chi connectivity index (χ2v) is 7.48. The minimum atomic E-state index is 0.0200. The minimum absolute atomic E-state index is 0.0200. The Bertz CT molecular complexity index is 246. The fourth-order valence-corrected chi connectivity index (χ4v) is 3.81. The van der Waals surface area contributed by atoms with E-state index < -0.39 is 0 Å². The van der Waals surface area contributed by atoms with Gasteiger partial charge in [-0.05, 0) is 49.0 Å². The third-order valence-electron chi connectivity index (χ3n) is 4.03. The van der Waals surface area contributed by atoms with E-state index in [1.165, 1.54) is 25.7 Å². The van der Waals surface area contributed by atoms with Crippen LogP contribution in [-0.4, -0.2) is 11.0 Å². The van der Waals surface area contributed by atoms with Gasteiger partial charge in [0, 0.05) is 0 Å². The Morgan fingerprint density at radius 3 is 2.47 bits per heavy atom. The zero-order chi connectivity index (χ0) is 12.7. The number of hydrogen-bond donors (Lipinski definition) is 0.